The number of aromatic nitrogens is 4. The molecule has 14 nitrogen and oxygen atoms in total. The Kier molecular flexibility index (Phi) is 6.70. The third-order valence-electron chi connectivity index (χ3n) is 5.52. The molecule has 0 spiro atoms. The van der Waals surface area contributed by atoms with E-state index in [1.165, 1.54) is 6.33 Å². The normalized spacial score (nSPS) is 28.9. The molecule has 32 heavy (non-hydrogen) atoms. The maximum absolute atomic E-state index is 11.9. The van der Waals surface area contributed by atoms with Crippen molar-refractivity contribution in [2.75, 3.05) is 32.7 Å². The highest BCUT2D eigenvalue weighted by Crippen LogP contribution is 2.45. The van der Waals surface area contributed by atoms with Gasteiger partial charge in [0.1, 0.15) is 12.2 Å². The zero-order valence-corrected chi connectivity index (χ0v) is 19.4. The molecule has 0 aliphatic carbocycles. The number of imidazole rings is 1. The van der Waals surface area contributed by atoms with Gasteiger partial charge in [0.2, 0.25) is 5.52 Å². The number of ether oxygens (including phenoxy) is 1. The maximum Gasteiger partial charge on any atom is 0.309 e. The van der Waals surface area contributed by atoms with Crippen LogP contribution in [-0.4, -0.2) is 54.1 Å². The fourth-order valence-electron chi connectivity index (χ4n) is 3.87. The van der Waals surface area contributed by atoms with Crippen molar-refractivity contribution < 1.29 is 46.3 Å². The highest BCUT2D eigenvalue weighted by Gasteiger charge is 2.43. The first-order chi connectivity index (χ1) is 15.2. The average molecular weight is 492 g/mol. The lowest BCUT2D eigenvalue weighted by Crippen LogP contribution is -2.39. The second-order valence-electron chi connectivity index (χ2n) is 7.33. The molecule has 6 atom stereocenters. The Hall–Kier alpha value is -1.47. The van der Waals surface area contributed by atoms with E-state index < -0.39 is 40.7 Å². The Balaban J connectivity index is 1.66. The van der Waals surface area contributed by atoms with Gasteiger partial charge in [0, 0.05) is 20.6 Å². The predicted molar refractivity (Wildman–Crippen MR) is 104 cm³/mol. The minimum absolute atomic E-state index is 0.0765. The Morgan fingerprint density at radius 1 is 1.28 bits per heavy atom. The van der Waals surface area contributed by atoms with Crippen LogP contribution in [0.5, 0.6) is 0 Å². The Labute approximate surface area is 183 Å². The Bertz CT molecular complexity index is 1080. The molecule has 1 N–H and O–H groups in total. The lowest BCUT2D eigenvalue weighted by Gasteiger charge is -2.28. The summed E-state index contributed by atoms with van der Waals surface area (Å²) in [4.78, 5) is 32.2. The molecule has 4 rings (SSSR count). The van der Waals surface area contributed by atoms with Crippen LogP contribution in [0, 0.1) is 0 Å². The molecule has 16 heteroatoms. The summed E-state index contributed by atoms with van der Waals surface area (Å²) in [5.74, 6) is 0.681. The molecule has 0 amide bonds. The quantitative estimate of drug-likeness (QED) is 0.368. The van der Waals surface area contributed by atoms with Crippen molar-refractivity contribution in [1.29, 1.82) is 0 Å². The van der Waals surface area contributed by atoms with Crippen molar-refractivity contribution in [1.82, 2.24) is 14.5 Å². The topological polar surface area (TPSA) is 173 Å². The van der Waals surface area contributed by atoms with E-state index in [0.717, 1.165) is 26.2 Å². The van der Waals surface area contributed by atoms with Gasteiger partial charge in [-0.1, -0.05) is 11.9 Å². The molecule has 2 aliphatic rings. The largest absolute Gasteiger partial charge is 0.756 e. The molecular weight excluding hydrogens is 468 g/mol. The Morgan fingerprint density at radius 3 is 2.72 bits per heavy atom. The van der Waals surface area contributed by atoms with Gasteiger partial charge in [-0.3, -0.25) is 13.7 Å². The van der Waals surface area contributed by atoms with Crippen LogP contribution < -0.4 is 19.7 Å². The average Bonchev–Trinajstić information content (AvgIpc) is 3.35. The van der Waals surface area contributed by atoms with Crippen LogP contribution in [0.15, 0.2) is 12.7 Å². The van der Waals surface area contributed by atoms with E-state index in [-0.39, 0.29) is 12.5 Å². The predicted octanol–water partition coefficient (Wildman–Crippen LogP) is 0.0143. The summed E-state index contributed by atoms with van der Waals surface area (Å²) < 4.78 is 51.9. The molecule has 2 aromatic rings. The first-order valence-electron chi connectivity index (χ1n) is 9.90. The summed E-state index contributed by atoms with van der Waals surface area (Å²) in [6, 6.07) is 0.160. The van der Waals surface area contributed by atoms with E-state index in [0.29, 0.717) is 18.0 Å². The standard InChI is InChI=1S/C16H25N5O9P2/c1-4-10-6-17-15-14-16(19-8-18-15)21(9-20(10)14)13-5-11(30-32(24,25)27-3)12(29-13)7-28-31(22,23)26-2/h8-13H,4-7H2,1-3H3,(H2-,17,18,19,22,23,24,25)/p-1/t10?,11-,12-,13-/m1/s1. The molecule has 3 unspecified atom stereocenters. The van der Waals surface area contributed by atoms with Gasteiger partial charge >= 0.3 is 5.65 Å². The molecular formula is C16H24N5O9P2-. The molecule has 4 heterocycles. The maximum atomic E-state index is 11.9. The van der Waals surface area contributed by atoms with Crippen LogP contribution >= 0.6 is 15.6 Å². The van der Waals surface area contributed by atoms with Crippen molar-refractivity contribution in [2.24, 2.45) is 0 Å². The minimum atomic E-state index is -4.62. The van der Waals surface area contributed by atoms with Gasteiger partial charge in [-0.2, -0.15) is 4.98 Å². The molecule has 1 fully saturated rings. The van der Waals surface area contributed by atoms with Crippen LogP contribution in [0.4, 0.5) is 5.82 Å². The molecule has 0 aromatic carbocycles. The van der Waals surface area contributed by atoms with Gasteiger partial charge in [-0.25, -0.2) is 4.57 Å². The van der Waals surface area contributed by atoms with Crippen LogP contribution in [0.1, 0.15) is 32.0 Å². The fourth-order valence-corrected chi connectivity index (χ4v) is 4.95. The second kappa shape index (κ2) is 9.05. The number of anilines is 1. The van der Waals surface area contributed by atoms with E-state index in [2.05, 4.69) is 35.8 Å². The Morgan fingerprint density at radius 2 is 2.03 bits per heavy atom. The fraction of sp³-hybridized carbons (Fsp3) is 0.688. The molecule has 0 saturated carbocycles. The summed E-state index contributed by atoms with van der Waals surface area (Å²) in [7, 11) is -7.25. The van der Waals surface area contributed by atoms with Crippen LogP contribution in [0.2, 0.25) is 0 Å². The number of phosphoric acid groups is 2. The molecule has 0 radical (unpaired) electrons. The third-order valence-corrected chi connectivity index (χ3v) is 7.41. The number of hydrogen-bond donors (Lipinski definition) is 1. The first kappa shape index (κ1) is 23.7. The summed E-state index contributed by atoms with van der Waals surface area (Å²) in [6.45, 7) is 2.26. The number of phosphoric ester groups is 2. The van der Waals surface area contributed by atoms with Gasteiger partial charge in [-0.05, 0) is 6.42 Å². The van der Waals surface area contributed by atoms with Crippen molar-refractivity contribution in [2.45, 2.75) is 44.2 Å². The van der Waals surface area contributed by atoms with E-state index in [4.69, 9.17) is 13.8 Å². The number of hydrogen-bond acceptors (Lipinski definition) is 12. The van der Waals surface area contributed by atoms with E-state index in [9.17, 15) is 18.9 Å². The van der Waals surface area contributed by atoms with Crippen LogP contribution in [0.25, 0.3) is 11.2 Å². The zero-order chi connectivity index (χ0) is 23.1. The first-order valence-corrected chi connectivity index (χ1v) is 12.8. The summed E-state index contributed by atoms with van der Waals surface area (Å²) in [5.41, 5.74) is 1.37. The van der Waals surface area contributed by atoms with Crippen molar-refractivity contribution >= 4 is 32.6 Å². The van der Waals surface area contributed by atoms with Crippen molar-refractivity contribution in [3.63, 3.8) is 0 Å². The SMILES string of the molecule is CCC1CNc2ncnc3c2n1c[n+]3[C@H]1C[C@@H](OP(=O)([O-])OC)[C@@H](COP(=O)([O-])OC)O1. The summed E-state index contributed by atoms with van der Waals surface area (Å²) in [5, 5.41) is 3.29. The number of rotatable bonds is 9. The zero-order valence-electron chi connectivity index (χ0n) is 17.7. The third kappa shape index (κ3) is 4.60. The highest BCUT2D eigenvalue weighted by molar-refractivity contribution is 7.46. The van der Waals surface area contributed by atoms with Crippen LogP contribution in [-0.2, 0) is 32.0 Å². The summed E-state index contributed by atoms with van der Waals surface area (Å²) >= 11 is 0. The van der Waals surface area contributed by atoms with Gasteiger partial charge in [0.15, 0.2) is 24.7 Å². The molecule has 1 saturated heterocycles. The molecule has 178 valence electrons. The minimum Gasteiger partial charge on any atom is -0.756 e. The summed E-state index contributed by atoms with van der Waals surface area (Å²) in [6.07, 6.45) is 1.40. The molecule has 0 bridgehead atoms. The van der Waals surface area contributed by atoms with Crippen molar-refractivity contribution in [3.8, 4) is 0 Å². The lowest BCUT2D eigenvalue weighted by atomic mass is 10.2. The monoisotopic (exact) mass is 492 g/mol. The van der Waals surface area contributed by atoms with Gasteiger partial charge in [0.05, 0.1) is 19.2 Å². The van der Waals surface area contributed by atoms with E-state index in [1.54, 1.807) is 4.57 Å². The number of nitrogens with zero attached hydrogens (tertiary/aromatic N) is 4. The molecule has 2 aliphatic heterocycles. The van der Waals surface area contributed by atoms with Gasteiger partial charge in [-0.15, -0.1) is 0 Å². The second-order valence-corrected chi connectivity index (χ2v) is 10.3. The molecule has 2 aromatic heterocycles. The lowest BCUT2D eigenvalue weighted by molar-refractivity contribution is -0.739. The highest BCUT2D eigenvalue weighted by atomic mass is 31.2. The van der Waals surface area contributed by atoms with E-state index >= 15 is 0 Å². The van der Waals surface area contributed by atoms with Crippen molar-refractivity contribution in [3.05, 3.63) is 12.7 Å². The van der Waals surface area contributed by atoms with Gasteiger partial charge < -0.3 is 37.9 Å². The number of nitrogens with one attached hydrogen (secondary N) is 1. The van der Waals surface area contributed by atoms with Crippen LogP contribution in [0.3, 0.4) is 0 Å². The smallest absolute Gasteiger partial charge is 0.309 e. The van der Waals surface area contributed by atoms with Gasteiger partial charge in [0.25, 0.3) is 15.6 Å². The van der Waals surface area contributed by atoms with E-state index in [1.807, 2.05) is 6.33 Å².